The van der Waals surface area contributed by atoms with E-state index in [0.29, 0.717) is 12.8 Å². The standard InChI is InChI=1S/C13H24N4O3.C12H22N2O3/c1-8(18)17-12(2,3)6-9(7-13(17,4)5)16(15)11(20)10(14)19;1-11(2)6-8(7-12(3,4)14-11)13-9(15)10(16)17-5/h9H,6-7,15H2,1-5H3,(H2,14,19);8,14H,6-7H2,1-5H3,(H,13,15). The fourth-order valence-electron chi connectivity index (χ4n) is 6.33. The first-order valence-corrected chi connectivity index (χ1v) is 12.4. The van der Waals surface area contributed by atoms with E-state index in [-0.39, 0.29) is 29.1 Å². The second kappa shape index (κ2) is 11.3. The average Bonchev–Trinajstić information content (AvgIpc) is 2.67. The Hall–Kier alpha value is -2.73. The highest BCUT2D eigenvalue weighted by Gasteiger charge is 2.48. The number of likely N-dealkylation sites (tertiary alicyclic amines) is 1. The smallest absolute Gasteiger partial charge is 0.396 e. The molecule has 0 bridgehead atoms. The van der Waals surface area contributed by atoms with E-state index in [2.05, 4.69) is 43.1 Å². The zero-order chi connectivity index (χ0) is 29.1. The predicted octanol–water partition coefficient (Wildman–Crippen LogP) is 0.327. The Morgan fingerprint density at radius 3 is 1.68 bits per heavy atom. The lowest BCUT2D eigenvalue weighted by Gasteiger charge is -2.56. The summed E-state index contributed by atoms with van der Waals surface area (Å²) in [6, 6.07) is -0.344. The molecule has 0 aliphatic carbocycles. The number of ether oxygens (including phenoxy) is 1. The van der Waals surface area contributed by atoms with E-state index >= 15 is 0 Å². The van der Waals surface area contributed by atoms with Gasteiger partial charge >= 0.3 is 23.7 Å². The average molecular weight is 527 g/mol. The molecule has 0 saturated carbocycles. The Morgan fingerprint density at radius 2 is 1.32 bits per heavy atom. The maximum atomic E-state index is 11.9. The molecular formula is C25H46N6O6. The van der Waals surface area contributed by atoms with Crippen molar-refractivity contribution in [1.82, 2.24) is 20.5 Å². The number of nitrogens with two attached hydrogens (primary N) is 2. The minimum atomic E-state index is -1.07. The predicted molar refractivity (Wildman–Crippen MR) is 138 cm³/mol. The second-order valence-corrected chi connectivity index (χ2v) is 12.6. The zero-order valence-electron chi connectivity index (χ0n) is 24.0. The number of carbonyl (C=O) groups is 5. The van der Waals surface area contributed by atoms with Gasteiger partial charge in [0.2, 0.25) is 5.91 Å². The molecule has 0 aromatic carbocycles. The van der Waals surface area contributed by atoms with Crippen molar-refractivity contribution >= 4 is 29.6 Å². The molecule has 2 saturated heterocycles. The van der Waals surface area contributed by atoms with Gasteiger partial charge in [0.25, 0.3) is 0 Å². The Labute approximate surface area is 220 Å². The molecule has 37 heavy (non-hydrogen) atoms. The number of piperidine rings is 2. The van der Waals surface area contributed by atoms with E-state index < -0.39 is 34.8 Å². The van der Waals surface area contributed by atoms with Gasteiger partial charge in [0.1, 0.15) is 0 Å². The summed E-state index contributed by atoms with van der Waals surface area (Å²) >= 11 is 0. The van der Waals surface area contributed by atoms with Crippen molar-refractivity contribution in [3.05, 3.63) is 0 Å². The van der Waals surface area contributed by atoms with Crippen LogP contribution in [0, 0.1) is 0 Å². The number of methoxy groups -OCH3 is 1. The number of hydrogen-bond donors (Lipinski definition) is 4. The summed E-state index contributed by atoms with van der Waals surface area (Å²) in [5, 5.41) is 7.14. The number of nitrogens with one attached hydrogen (secondary N) is 2. The van der Waals surface area contributed by atoms with Crippen molar-refractivity contribution in [2.24, 2.45) is 11.6 Å². The minimum Gasteiger partial charge on any atom is -0.462 e. The summed E-state index contributed by atoms with van der Waals surface area (Å²) in [4.78, 5) is 58.8. The third-order valence-electron chi connectivity index (χ3n) is 6.73. The summed E-state index contributed by atoms with van der Waals surface area (Å²) in [7, 11) is 1.21. The maximum absolute atomic E-state index is 11.9. The van der Waals surface area contributed by atoms with Crippen LogP contribution in [0.3, 0.4) is 0 Å². The molecule has 12 nitrogen and oxygen atoms in total. The number of nitrogens with zero attached hydrogens (tertiary/aromatic N) is 2. The van der Waals surface area contributed by atoms with Crippen molar-refractivity contribution < 1.29 is 28.7 Å². The summed E-state index contributed by atoms with van der Waals surface area (Å²) in [5.41, 5.74) is 3.93. The number of carbonyl (C=O) groups excluding carboxylic acids is 5. The fourth-order valence-corrected chi connectivity index (χ4v) is 6.33. The summed E-state index contributed by atoms with van der Waals surface area (Å²) in [6.45, 7) is 17.6. The maximum Gasteiger partial charge on any atom is 0.396 e. The van der Waals surface area contributed by atoms with Crippen molar-refractivity contribution in [3.8, 4) is 0 Å². The molecule has 12 heteroatoms. The lowest BCUT2D eigenvalue weighted by Crippen LogP contribution is -2.67. The van der Waals surface area contributed by atoms with Crippen LogP contribution >= 0.6 is 0 Å². The van der Waals surface area contributed by atoms with Crippen LogP contribution in [0.5, 0.6) is 0 Å². The summed E-state index contributed by atoms with van der Waals surface area (Å²) in [5.74, 6) is 2.24. The van der Waals surface area contributed by atoms with E-state index in [1.54, 1.807) is 4.90 Å². The highest BCUT2D eigenvalue weighted by atomic mass is 16.5. The SMILES string of the molecule is CC(=O)N1C(C)(C)CC(N(N)C(=O)C(N)=O)CC1(C)C.COC(=O)C(=O)NC1CC(C)(C)NC(C)(C)C1. The van der Waals surface area contributed by atoms with Crippen LogP contribution in [0.1, 0.15) is 88.0 Å². The molecule has 2 heterocycles. The van der Waals surface area contributed by atoms with Gasteiger partial charge in [-0.3, -0.25) is 24.2 Å². The van der Waals surface area contributed by atoms with Gasteiger partial charge in [0, 0.05) is 35.1 Å². The quantitative estimate of drug-likeness (QED) is 0.131. The molecule has 2 aliphatic rings. The van der Waals surface area contributed by atoms with E-state index in [1.165, 1.54) is 14.0 Å². The van der Waals surface area contributed by atoms with Gasteiger partial charge in [-0.15, -0.1) is 0 Å². The van der Waals surface area contributed by atoms with Crippen molar-refractivity contribution in [2.45, 2.75) is 122 Å². The lowest BCUT2D eigenvalue weighted by atomic mass is 9.76. The molecule has 0 aromatic heterocycles. The zero-order valence-corrected chi connectivity index (χ0v) is 24.0. The van der Waals surface area contributed by atoms with Crippen LogP contribution in [0.4, 0.5) is 0 Å². The molecule has 2 rings (SSSR count). The van der Waals surface area contributed by atoms with Gasteiger partial charge in [0.15, 0.2) is 0 Å². The van der Waals surface area contributed by atoms with Gasteiger partial charge in [0.05, 0.1) is 13.2 Å². The number of primary amides is 1. The van der Waals surface area contributed by atoms with Crippen molar-refractivity contribution in [2.75, 3.05) is 7.11 Å². The molecular weight excluding hydrogens is 480 g/mol. The van der Waals surface area contributed by atoms with E-state index in [1.807, 2.05) is 27.7 Å². The van der Waals surface area contributed by atoms with Crippen LogP contribution in [-0.4, -0.2) is 80.9 Å². The molecule has 0 unspecified atom stereocenters. The van der Waals surface area contributed by atoms with Gasteiger partial charge in [-0.05, 0) is 81.1 Å². The van der Waals surface area contributed by atoms with Crippen molar-refractivity contribution in [1.29, 1.82) is 0 Å². The van der Waals surface area contributed by atoms with Crippen LogP contribution in [0.2, 0.25) is 0 Å². The Kier molecular flexibility index (Phi) is 9.90. The Morgan fingerprint density at radius 1 is 0.892 bits per heavy atom. The third kappa shape index (κ3) is 8.67. The van der Waals surface area contributed by atoms with E-state index in [0.717, 1.165) is 17.9 Å². The fraction of sp³-hybridized carbons (Fsp3) is 0.800. The first-order valence-electron chi connectivity index (χ1n) is 12.4. The molecule has 0 spiro atoms. The minimum absolute atomic E-state index is 0.00662. The molecule has 6 N–H and O–H groups in total. The molecule has 212 valence electrons. The van der Waals surface area contributed by atoms with Gasteiger partial charge in [-0.1, -0.05) is 0 Å². The molecule has 2 fully saturated rings. The van der Waals surface area contributed by atoms with E-state index in [9.17, 15) is 24.0 Å². The van der Waals surface area contributed by atoms with Crippen LogP contribution in [-0.2, 0) is 28.7 Å². The first-order chi connectivity index (χ1) is 16.5. The normalized spacial score (nSPS) is 22.1. The molecule has 0 aromatic rings. The van der Waals surface area contributed by atoms with Gasteiger partial charge in [-0.2, -0.15) is 0 Å². The first kappa shape index (κ1) is 32.3. The molecule has 0 radical (unpaired) electrons. The number of hydrazine groups is 1. The van der Waals surface area contributed by atoms with Crippen LogP contribution in [0.25, 0.3) is 0 Å². The number of esters is 1. The largest absolute Gasteiger partial charge is 0.462 e. The van der Waals surface area contributed by atoms with Gasteiger partial charge < -0.3 is 26.0 Å². The number of hydrogen-bond acceptors (Lipinski definition) is 8. The number of rotatable bonds is 2. The summed E-state index contributed by atoms with van der Waals surface area (Å²) < 4.78 is 4.39. The highest BCUT2D eigenvalue weighted by molar-refractivity contribution is 6.34. The van der Waals surface area contributed by atoms with Gasteiger partial charge in [-0.25, -0.2) is 10.6 Å². The van der Waals surface area contributed by atoms with E-state index in [4.69, 9.17) is 11.6 Å². The lowest BCUT2D eigenvalue weighted by molar-refractivity contribution is -0.156. The topological polar surface area (TPSA) is 177 Å². The molecule has 0 atom stereocenters. The monoisotopic (exact) mass is 526 g/mol. The Bertz CT molecular complexity index is 879. The Balaban J connectivity index is 0.000000375. The molecule has 4 amide bonds. The third-order valence-corrected chi connectivity index (χ3v) is 6.73. The van der Waals surface area contributed by atoms with Crippen molar-refractivity contribution in [3.63, 3.8) is 0 Å². The molecule has 2 aliphatic heterocycles. The second-order valence-electron chi connectivity index (χ2n) is 12.6. The number of amides is 4. The van der Waals surface area contributed by atoms with Crippen LogP contribution < -0.4 is 22.2 Å². The summed E-state index contributed by atoms with van der Waals surface area (Å²) in [6.07, 6.45) is 2.56. The highest BCUT2D eigenvalue weighted by Crippen LogP contribution is 2.39. The van der Waals surface area contributed by atoms with Crippen LogP contribution in [0.15, 0.2) is 0 Å².